The SMILES string of the molecule is CSc1cccc(CCN(C(=O)C2CC2)C2CCC(CN)CC2)c1.Clc1ccccc1. The highest BCUT2D eigenvalue weighted by atomic mass is 35.5. The Morgan fingerprint density at radius 3 is 2.29 bits per heavy atom. The average Bonchev–Trinajstić information content (AvgIpc) is 3.66. The predicted octanol–water partition coefficient (Wildman–Crippen LogP) is 6.05. The zero-order chi connectivity index (χ0) is 22.1. The number of benzene rings is 2. The van der Waals surface area contributed by atoms with Crippen LogP contribution in [0, 0.1) is 11.8 Å². The third-order valence-corrected chi connectivity index (χ3v) is 7.29. The highest BCUT2D eigenvalue weighted by Crippen LogP contribution is 2.35. The van der Waals surface area contributed by atoms with E-state index in [4.69, 9.17) is 17.3 Å². The molecule has 2 aromatic rings. The maximum absolute atomic E-state index is 12.8. The molecule has 2 aliphatic carbocycles. The molecule has 3 nitrogen and oxygen atoms in total. The number of hydrogen-bond donors (Lipinski definition) is 1. The van der Waals surface area contributed by atoms with Crippen LogP contribution in [0.1, 0.15) is 44.1 Å². The van der Waals surface area contributed by atoms with Crippen LogP contribution in [0.3, 0.4) is 0 Å². The largest absolute Gasteiger partial charge is 0.339 e. The van der Waals surface area contributed by atoms with Gasteiger partial charge in [-0.2, -0.15) is 0 Å². The first kappa shape index (κ1) is 24.2. The molecule has 2 N–H and O–H groups in total. The van der Waals surface area contributed by atoms with E-state index >= 15 is 0 Å². The molecule has 0 radical (unpaired) electrons. The van der Waals surface area contributed by atoms with Crippen molar-refractivity contribution in [1.82, 2.24) is 4.90 Å². The van der Waals surface area contributed by atoms with E-state index in [1.54, 1.807) is 11.8 Å². The molecule has 0 aliphatic heterocycles. The molecule has 1 amide bonds. The van der Waals surface area contributed by atoms with Gasteiger partial charge in [-0.1, -0.05) is 41.9 Å². The topological polar surface area (TPSA) is 46.3 Å². The smallest absolute Gasteiger partial charge is 0.225 e. The summed E-state index contributed by atoms with van der Waals surface area (Å²) in [7, 11) is 0. The molecule has 0 spiro atoms. The van der Waals surface area contributed by atoms with E-state index in [1.807, 2.05) is 30.3 Å². The van der Waals surface area contributed by atoms with Crippen molar-refractivity contribution < 1.29 is 4.79 Å². The molecule has 4 rings (SSSR count). The van der Waals surface area contributed by atoms with Crippen LogP contribution in [0.5, 0.6) is 0 Å². The van der Waals surface area contributed by atoms with Crippen LogP contribution < -0.4 is 5.73 Å². The molecular weight excluding hydrogens is 424 g/mol. The lowest BCUT2D eigenvalue weighted by Gasteiger charge is -2.37. The molecule has 0 unspecified atom stereocenters. The van der Waals surface area contributed by atoms with E-state index in [9.17, 15) is 4.79 Å². The summed E-state index contributed by atoms with van der Waals surface area (Å²) in [5.41, 5.74) is 7.16. The summed E-state index contributed by atoms with van der Waals surface area (Å²) in [6, 6.07) is 18.6. The minimum atomic E-state index is 0.315. The molecule has 2 aliphatic rings. The van der Waals surface area contributed by atoms with E-state index in [0.717, 1.165) is 50.2 Å². The summed E-state index contributed by atoms with van der Waals surface area (Å²) >= 11 is 7.32. The lowest BCUT2D eigenvalue weighted by atomic mass is 9.85. The standard InChI is InChI=1S/C20H30N2OS.C6H5Cl/c1-24-19-4-2-3-15(13-19)11-12-22(20(23)17-7-8-17)18-9-5-16(14-21)6-10-18;7-6-4-2-1-3-5-6/h2-4,13,16-18H,5-12,14,21H2,1H3;1-5H. The number of carbonyl (C=O) groups excluding carboxylic acids is 1. The molecule has 0 heterocycles. The van der Waals surface area contributed by atoms with Crippen LogP contribution >= 0.6 is 23.4 Å². The summed E-state index contributed by atoms with van der Waals surface area (Å²) in [6.07, 6.45) is 9.87. The Morgan fingerprint density at radius 1 is 1.03 bits per heavy atom. The van der Waals surface area contributed by atoms with E-state index < -0.39 is 0 Å². The van der Waals surface area contributed by atoms with Gasteiger partial charge in [0.2, 0.25) is 5.91 Å². The third kappa shape index (κ3) is 7.85. The first-order valence-electron chi connectivity index (χ1n) is 11.4. The molecule has 2 aromatic carbocycles. The zero-order valence-corrected chi connectivity index (χ0v) is 20.1. The molecule has 0 bridgehead atoms. The number of carbonyl (C=O) groups is 1. The summed E-state index contributed by atoms with van der Waals surface area (Å²) in [5.74, 6) is 1.39. The van der Waals surface area contributed by atoms with Gasteiger partial charge >= 0.3 is 0 Å². The van der Waals surface area contributed by atoms with Crippen molar-refractivity contribution in [3.8, 4) is 0 Å². The number of hydrogen-bond acceptors (Lipinski definition) is 3. The van der Waals surface area contributed by atoms with E-state index in [1.165, 1.54) is 23.3 Å². The highest BCUT2D eigenvalue weighted by molar-refractivity contribution is 7.98. The number of nitrogens with zero attached hydrogens (tertiary/aromatic N) is 1. The van der Waals surface area contributed by atoms with E-state index in [-0.39, 0.29) is 0 Å². The molecular formula is C26H35ClN2OS. The minimum absolute atomic E-state index is 0.315. The second-order valence-corrected chi connectivity index (χ2v) is 9.93. The number of halogens is 1. The van der Waals surface area contributed by atoms with E-state index in [2.05, 4.69) is 35.4 Å². The van der Waals surface area contributed by atoms with Crippen LogP contribution in [-0.4, -0.2) is 36.2 Å². The fourth-order valence-electron chi connectivity index (χ4n) is 4.22. The van der Waals surface area contributed by atoms with Crippen LogP contribution in [0.2, 0.25) is 5.02 Å². The molecule has 168 valence electrons. The molecule has 31 heavy (non-hydrogen) atoms. The van der Waals surface area contributed by atoms with Gasteiger partial charge in [-0.15, -0.1) is 11.8 Å². The normalized spacial score (nSPS) is 20.5. The lowest BCUT2D eigenvalue weighted by Crippen LogP contribution is -2.44. The van der Waals surface area contributed by atoms with Crippen LogP contribution in [0.4, 0.5) is 0 Å². The van der Waals surface area contributed by atoms with Crippen molar-refractivity contribution in [1.29, 1.82) is 0 Å². The van der Waals surface area contributed by atoms with Gasteiger partial charge in [-0.3, -0.25) is 4.79 Å². The number of nitrogens with two attached hydrogens (primary N) is 1. The Labute approximate surface area is 196 Å². The van der Waals surface area contributed by atoms with Crippen molar-refractivity contribution in [2.75, 3.05) is 19.3 Å². The lowest BCUT2D eigenvalue weighted by molar-refractivity contribution is -0.135. The maximum Gasteiger partial charge on any atom is 0.225 e. The molecule has 5 heteroatoms. The Balaban J connectivity index is 0.000000330. The maximum atomic E-state index is 12.8. The summed E-state index contributed by atoms with van der Waals surface area (Å²) in [5, 5.41) is 0.794. The van der Waals surface area contributed by atoms with Crippen molar-refractivity contribution in [3.63, 3.8) is 0 Å². The number of amides is 1. The van der Waals surface area contributed by atoms with Gasteiger partial charge in [0.05, 0.1) is 0 Å². The highest BCUT2D eigenvalue weighted by Gasteiger charge is 2.37. The molecule has 2 fully saturated rings. The summed E-state index contributed by atoms with van der Waals surface area (Å²) in [6.45, 7) is 1.66. The Kier molecular flexibility index (Phi) is 9.76. The predicted molar refractivity (Wildman–Crippen MR) is 133 cm³/mol. The van der Waals surface area contributed by atoms with E-state index in [0.29, 0.717) is 23.8 Å². The molecule has 0 aromatic heterocycles. The van der Waals surface area contributed by atoms with Crippen molar-refractivity contribution in [2.45, 2.75) is 55.9 Å². The minimum Gasteiger partial charge on any atom is -0.339 e. The average molecular weight is 459 g/mol. The first-order chi connectivity index (χ1) is 15.1. The van der Waals surface area contributed by atoms with Gasteiger partial charge in [-0.25, -0.2) is 0 Å². The Hall–Kier alpha value is -1.49. The van der Waals surface area contributed by atoms with Gasteiger partial charge in [0, 0.05) is 28.4 Å². The van der Waals surface area contributed by atoms with Crippen molar-refractivity contribution in [2.24, 2.45) is 17.6 Å². The van der Waals surface area contributed by atoms with Crippen LogP contribution in [0.15, 0.2) is 59.5 Å². The number of rotatable bonds is 7. The number of thioether (sulfide) groups is 1. The zero-order valence-electron chi connectivity index (χ0n) is 18.5. The fraction of sp³-hybridized carbons (Fsp3) is 0.500. The second kappa shape index (κ2) is 12.5. The molecule has 2 saturated carbocycles. The molecule has 0 saturated heterocycles. The van der Waals surface area contributed by atoms with Gasteiger partial charge in [0.25, 0.3) is 0 Å². The third-order valence-electron chi connectivity index (χ3n) is 6.31. The Bertz CT molecular complexity index is 804. The quantitative estimate of drug-likeness (QED) is 0.514. The summed E-state index contributed by atoms with van der Waals surface area (Å²) in [4.78, 5) is 16.3. The monoisotopic (exact) mass is 458 g/mol. The van der Waals surface area contributed by atoms with Crippen molar-refractivity contribution in [3.05, 3.63) is 65.2 Å². The first-order valence-corrected chi connectivity index (χ1v) is 13.0. The second-order valence-electron chi connectivity index (χ2n) is 8.61. The van der Waals surface area contributed by atoms with Gasteiger partial charge in [0.1, 0.15) is 0 Å². The van der Waals surface area contributed by atoms with Crippen molar-refractivity contribution >= 4 is 29.3 Å². The van der Waals surface area contributed by atoms with Gasteiger partial charge in [0.15, 0.2) is 0 Å². The van der Waals surface area contributed by atoms with Crippen LogP contribution in [0.25, 0.3) is 0 Å². The summed E-state index contributed by atoms with van der Waals surface area (Å²) < 4.78 is 0. The fourth-order valence-corrected chi connectivity index (χ4v) is 4.85. The van der Waals surface area contributed by atoms with Gasteiger partial charge < -0.3 is 10.6 Å². The van der Waals surface area contributed by atoms with Crippen LogP contribution in [-0.2, 0) is 11.2 Å². The Morgan fingerprint density at radius 2 is 1.74 bits per heavy atom. The molecule has 0 atom stereocenters. The van der Waals surface area contributed by atoms with Gasteiger partial charge in [-0.05, 0) is 93.5 Å².